The van der Waals surface area contributed by atoms with E-state index in [1.54, 1.807) is 11.6 Å². The van der Waals surface area contributed by atoms with Crippen LogP contribution in [0.5, 0.6) is 0 Å². The van der Waals surface area contributed by atoms with Crippen LogP contribution in [0.3, 0.4) is 0 Å². The van der Waals surface area contributed by atoms with E-state index in [-0.39, 0.29) is 17.5 Å². The van der Waals surface area contributed by atoms with E-state index in [0.29, 0.717) is 10.5 Å². The van der Waals surface area contributed by atoms with E-state index in [4.69, 9.17) is 4.98 Å². The topological polar surface area (TPSA) is 64.0 Å². The Morgan fingerprint density at radius 1 is 1.03 bits per heavy atom. The Balaban J connectivity index is 1.59. The Kier molecular flexibility index (Phi) is 6.48. The number of fused-ring (bicyclic) bond motifs is 1. The summed E-state index contributed by atoms with van der Waals surface area (Å²) in [5.74, 6) is -0.111. The predicted octanol–water partition coefficient (Wildman–Crippen LogP) is 5.00. The minimum atomic E-state index is -0.428. The van der Waals surface area contributed by atoms with Crippen molar-refractivity contribution in [3.05, 3.63) is 92.6 Å². The van der Waals surface area contributed by atoms with E-state index in [0.717, 1.165) is 26.4 Å². The number of carbonyl (C=O) groups excluding carboxylic acids is 1. The molecule has 0 aliphatic heterocycles. The number of thioether (sulfide) groups is 1. The number of rotatable bonds is 6. The van der Waals surface area contributed by atoms with E-state index >= 15 is 0 Å². The maximum Gasteiger partial charge on any atom is 0.262 e. The van der Waals surface area contributed by atoms with Crippen LogP contribution < -0.4 is 10.9 Å². The van der Waals surface area contributed by atoms with Crippen LogP contribution in [0.1, 0.15) is 34.5 Å². The van der Waals surface area contributed by atoms with Crippen molar-refractivity contribution in [1.29, 1.82) is 0 Å². The minimum Gasteiger partial charge on any atom is -0.344 e. The molecule has 0 aliphatic carbocycles. The Bertz CT molecular complexity index is 1270. The Labute approximate surface area is 195 Å². The molecule has 32 heavy (non-hydrogen) atoms. The molecule has 0 saturated heterocycles. The molecule has 2 aromatic carbocycles. The van der Waals surface area contributed by atoms with Crippen LogP contribution in [0.4, 0.5) is 0 Å². The third-order valence-electron chi connectivity index (χ3n) is 5.57. The average molecular weight is 464 g/mol. The standard InChI is InChI=1S/C25H25N3O2S2/c1-15-16(2)31-23-20(15)24(30)28(4)25(27-23)32-17(3)22(29)26-21(18-11-7-5-8-12-18)19-13-9-6-10-14-19/h5-14,17,21H,1-4H3,(H,26,29). The molecule has 1 unspecified atom stereocenters. The summed E-state index contributed by atoms with van der Waals surface area (Å²) in [6.45, 7) is 5.79. The molecule has 1 atom stereocenters. The first-order valence-electron chi connectivity index (χ1n) is 10.4. The second-order valence-electron chi connectivity index (χ2n) is 7.74. The predicted molar refractivity (Wildman–Crippen MR) is 133 cm³/mol. The molecule has 4 aromatic rings. The average Bonchev–Trinajstić information content (AvgIpc) is 3.09. The van der Waals surface area contributed by atoms with Gasteiger partial charge in [-0.2, -0.15) is 0 Å². The highest BCUT2D eigenvalue weighted by Crippen LogP contribution is 2.30. The van der Waals surface area contributed by atoms with Gasteiger partial charge < -0.3 is 5.32 Å². The highest BCUT2D eigenvalue weighted by molar-refractivity contribution is 8.00. The van der Waals surface area contributed by atoms with Gasteiger partial charge >= 0.3 is 0 Å². The molecule has 0 spiro atoms. The molecule has 1 N–H and O–H groups in total. The summed E-state index contributed by atoms with van der Waals surface area (Å²) in [7, 11) is 1.71. The van der Waals surface area contributed by atoms with Crippen LogP contribution in [-0.4, -0.2) is 20.7 Å². The van der Waals surface area contributed by atoms with Crippen LogP contribution >= 0.6 is 23.1 Å². The second kappa shape index (κ2) is 9.30. The lowest BCUT2D eigenvalue weighted by Gasteiger charge is -2.22. The maximum absolute atomic E-state index is 13.2. The first kappa shape index (κ1) is 22.3. The third-order valence-corrected chi connectivity index (χ3v) is 7.82. The van der Waals surface area contributed by atoms with Crippen LogP contribution in [0.15, 0.2) is 70.6 Å². The fraction of sp³-hybridized carbons (Fsp3) is 0.240. The molecule has 0 bridgehead atoms. The van der Waals surface area contributed by atoms with E-state index in [9.17, 15) is 9.59 Å². The number of nitrogens with zero attached hydrogens (tertiary/aromatic N) is 2. The van der Waals surface area contributed by atoms with E-state index < -0.39 is 5.25 Å². The number of hydrogen-bond acceptors (Lipinski definition) is 5. The van der Waals surface area contributed by atoms with Crippen LogP contribution in [0.2, 0.25) is 0 Å². The molecular weight excluding hydrogens is 438 g/mol. The van der Waals surface area contributed by atoms with Gasteiger partial charge in [0, 0.05) is 11.9 Å². The van der Waals surface area contributed by atoms with Crippen molar-refractivity contribution in [1.82, 2.24) is 14.9 Å². The normalized spacial score (nSPS) is 12.3. The monoisotopic (exact) mass is 463 g/mol. The quantitative estimate of drug-likeness (QED) is 0.323. The van der Waals surface area contributed by atoms with E-state index in [2.05, 4.69) is 5.32 Å². The van der Waals surface area contributed by atoms with Crippen molar-refractivity contribution in [2.75, 3.05) is 0 Å². The highest BCUT2D eigenvalue weighted by atomic mass is 32.2. The van der Waals surface area contributed by atoms with Crippen LogP contribution in [-0.2, 0) is 11.8 Å². The molecule has 0 aliphatic rings. The maximum atomic E-state index is 13.2. The van der Waals surface area contributed by atoms with Gasteiger partial charge in [0.15, 0.2) is 5.16 Å². The largest absolute Gasteiger partial charge is 0.344 e. The van der Waals surface area contributed by atoms with Crippen LogP contribution in [0, 0.1) is 13.8 Å². The molecule has 1 amide bonds. The number of aromatic nitrogens is 2. The molecule has 0 fully saturated rings. The SMILES string of the molecule is Cc1sc2nc(SC(C)C(=O)NC(c3ccccc3)c3ccccc3)n(C)c(=O)c2c1C. The molecule has 2 aromatic heterocycles. The summed E-state index contributed by atoms with van der Waals surface area (Å²) in [5.41, 5.74) is 2.94. The zero-order valence-corrected chi connectivity index (χ0v) is 20.1. The van der Waals surface area contributed by atoms with E-state index in [1.807, 2.05) is 81.4 Å². The molecule has 5 nitrogen and oxygen atoms in total. The summed E-state index contributed by atoms with van der Waals surface area (Å²) >= 11 is 2.82. The second-order valence-corrected chi connectivity index (χ2v) is 10.3. The fourth-order valence-electron chi connectivity index (χ4n) is 3.58. The van der Waals surface area contributed by atoms with Gasteiger partial charge in [-0.05, 0) is 37.5 Å². The fourth-order valence-corrected chi connectivity index (χ4v) is 5.54. The summed E-state index contributed by atoms with van der Waals surface area (Å²) in [6.07, 6.45) is 0. The lowest BCUT2D eigenvalue weighted by atomic mass is 9.98. The number of hydrogen-bond donors (Lipinski definition) is 1. The molecular formula is C25H25N3O2S2. The highest BCUT2D eigenvalue weighted by Gasteiger charge is 2.23. The van der Waals surface area contributed by atoms with Crippen molar-refractivity contribution in [2.24, 2.45) is 7.05 Å². The Morgan fingerprint density at radius 2 is 1.59 bits per heavy atom. The lowest BCUT2D eigenvalue weighted by Crippen LogP contribution is -2.35. The van der Waals surface area contributed by atoms with E-state index in [1.165, 1.54) is 23.1 Å². The molecule has 164 valence electrons. The number of thiophene rings is 1. The zero-order chi connectivity index (χ0) is 22.8. The van der Waals surface area contributed by atoms with Crippen molar-refractivity contribution < 1.29 is 4.79 Å². The first-order chi connectivity index (χ1) is 15.4. The number of benzene rings is 2. The number of amides is 1. The lowest BCUT2D eigenvalue weighted by molar-refractivity contribution is -0.120. The number of aryl methyl sites for hydroxylation is 2. The summed E-state index contributed by atoms with van der Waals surface area (Å²) in [6, 6.07) is 19.6. The van der Waals surface area contributed by atoms with Gasteiger partial charge in [0.1, 0.15) is 4.83 Å². The summed E-state index contributed by atoms with van der Waals surface area (Å²) in [5, 5.41) is 3.97. The molecule has 0 saturated carbocycles. The Morgan fingerprint density at radius 3 is 2.16 bits per heavy atom. The van der Waals surface area contributed by atoms with Gasteiger partial charge in [0.05, 0.1) is 16.7 Å². The van der Waals surface area contributed by atoms with Crippen LogP contribution in [0.25, 0.3) is 10.2 Å². The molecule has 7 heteroatoms. The Hall–Kier alpha value is -2.90. The van der Waals surface area contributed by atoms with Crippen molar-refractivity contribution in [3.8, 4) is 0 Å². The van der Waals surface area contributed by atoms with Gasteiger partial charge in [-0.15, -0.1) is 11.3 Å². The zero-order valence-electron chi connectivity index (χ0n) is 18.5. The molecule has 2 heterocycles. The summed E-state index contributed by atoms with van der Waals surface area (Å²) < 4.78 is 1.54. The van der Waals surface area contributed by atoms with Gasteiger partial charge in [0.2, 0.25) is 5.91 Å². The number of carbonyl (C=O) groups is 1. The minimum absolute atomic E-state index is 0.0709. The molecule has 0 radical (unpaired) electrons. The summed E-state index contributed by atoms with van der Waals surface area (Å²) in [4.78, 5) is 32.6. The third kappa shape index (κ3) is 4.36. The van der Waals surface area contributed by atoms with Crippen molar-refractivity contribution >= 4 is 39.2 Å². The van der Waals surface area contributed by atoms with Crippen molar-refractivity contribution in [3.63, 3.8) is 0 Å². The molecule has 4 rings (SSSR count). The van der Waals surface area contributed by atoms with Gasteiger partial charge in [-0.3, -0.25) is 14.2 Å². The first-order valence-corrected chi connectivity index (χ1v) is 12.1. The van der Waals surface area contributed by atoms with Gasteiger partial charge in [0.25, 0.3) is 5.56 Å². The number of nitrogens with one attached hydrogen (secondary N) is 1. The smallest absolute Gasteiger partial charge is 0.262 e. The van der Waals surface area contributed by atoms with Gasteiger partial charge in [-0.1, -0.05) is 72.4 Å². The van der Waals surface area contributed by atoms with Gasteiger partial charge in [-0.25, -0.2) is 4.98 Å². The van der Waals surface area contributed by atoms with Crippen molar-refractivity contribution in [2.45, 2.75) is 37.2 Å².